The Labute approximate surface area is 367 Å². The molecule has 2 aliphatic rings. The number of carbonyl (C=O) groups excluding carboxylic acids is 4. The van der Waals surface area contributed by atoms with Gasteiger partial charge in [-0.1, -0.05) is 42.5 Å². The molecule has 6 rings (SSSR count). The SMILES string of the molecule is COc1ccc(CS[C@H]2C[C@@H](C(=O)N3CC[C@H](NC(=O)C[C@@H](O)[C@H](Cc4ccccc4)NC(=O)OCc4ccc([N+](=O)[O-])cc4)C3)N(C(=O)OCc3ccc([N+](=O)[O-])cc3)C2)cc1. The first kappa shape index (κ1) is 45.8. The lowest BCUT2D eigenvalue weighted by Gasteiger charge is -2.27. The summed E-state index contributed by atoms with van der Waals surface area (Å²) in [5, 5.41) is 38.8. The molecule has 4 aromatic carbocycles. The first-order valence-corrected chi connectivity index (χ1v) is 21.3. The second kappa shape index (κ2) is 21.9. The van der Waals surface area contributed by atoms with Crippen LogP contribution in [0.2, 0.25) is 0 Å². The summed E-state index contributed by atoms with van der Waals surface area (Å²) in [6.07, 6.45) is -2.25. The second-order valence-electron chi connectivity index (χ2n) is 15.2. The van der Waals surface area contributed by atoms with E-state index >= 15 is 0 Å². The van der Waals surface area contributed by atoms with Gasteiger partial charge in [-0.3, -0.25) is 34.7 Å². The van der Waals surface area contributed by atoms with Gasteiger partial charge < -0.3 is 34.9 Å². The third-order valence-corrected chi connectivity index (χ3v) is 12.1. The summed E-state index contributed by atoms with van der Waals surface area (Å²) < 4.78 is 16.2. The molecule has 2 fully saturated rings. The largest absolute Gasteiger partial charge is 0.497 e. The third-order valence-electron chi connectivity index (χ3n) is 10.8. The summed E-state index contributed by atoms with van der Waals surface area (Å²) in [6.45, 7) is 0.419. The molecule has 0 aromatic heterocycles. The number of nitrogens with one attached hydrogen (secondary N) is 2. The van der Waals surface area contributed by atoms with Crippen LogP contribution >= 0.6 is 11.8 Å². The number of ether oxygens (including phenoxy) is 3. The molecule has 63 heavy (non-hydrogen) atoms. The number of aliphatic hydroxyl groups is 1. The lowest BCUT2D eigenvalue weighted by molar-refractivity contribution is -0.385. The van der Waals surface area contributed by atoms with Gasteiger partial charge in [-0.2, -0.15) is 11.8 Å². The number of amides is 4. The zero-order chi connectivity index (χ0) is 44.9. The number of alkyl carbamates (subject to hydrolysis) is 1. The Hall–Kier alpha value is -6.73. The predicted molar refractivity (Wildman–Crippen MR) is 231 cm³/mol. The van der Waals surface area contributed by atoms with Gasteiger partial charge in [-0.05, 0) is 77.9 Å². The molecule has 19 heteroatoms. The Morgan fingerprint density at radius 3 is 2.02 bits per heavy atom. The van der Waals surface area contributed by atoms with E-state index < -0.39 is 52.2 Å². The fraction of sp³-hybridized carbons (Fsp3) is 0.364. The van der Waals surface area contributed by atoms with E-state index in [1.807, 2.05) is 54.6 Å². The van der Waals surface area contributed by atoms with Crippen LogP contribution in [-0.2, 0) is 44.5 Å². The number of thioether (sulfide) groups is 1. The van der Waals surface area contributed by atoms with Crippen molar-refractivity contribution in [2.75, 3.05) is 26.7 Å². The highest BCUT2D eigenvalue weighted by Crippen LogP contribution is 2.33. The lowest BCUT2D eigenvalue weighted by Crippen LogP contribution is -2.49. The molecule has 5 atom stereocenters. The molecule has 0 aliphatic carbocycles. The summed E-state index contributed by atoms with van der Waals surface area (Å²) >= 11 is 1.62. The number of nitro benzene ring substituents is 2. The average molecular weight is 885 g/mol. The van der Waals surface area contributed by atoms with E-state index in [-0.39, 0.29) is 61.7 Å². The summed E-state index contributed by atoms with van der Waals surface area (Å²) in [4.78, 5) is 77.9. The predicted octanol–water partition coefficient (Wildman–Crippen LogP) is 5.53. The minimum absolute atomic E-state index is 0.0929. The van der Waals surface area contributed by atoms with Gasteiger partial charge in [0.05, 0.1) is 35.5 Å². The van der Waals surface area contributed by atoms with Crippen molar-refractivity contribution >= 4 is 47.1 Å². The molecule has 3 N–H and O–H groups in total. The normalized spacial score (nSPS) is 17.9. The highest BCUT2D eigenvalue weighted by atomic mass is 32.2. The van der Waals surface area contributed by atoms with Crippen LogP contribution in [0.3, 0.4) is 0 Å². The van der Waals surface area contributed by atoms with Gasteiger partial charge in [0.15, 0.2) is 0 Å². The van der Waals surface area contributed by atoms with Gasteiger partial charge in [-0.25, -0.2) is 9.59 Å². The number of hydrogen-bond donors (Lipinski definition) is 3. The van der Waals surface area contributed by atoms with E-state index in [1.54, 1.807) is 23.8 Å². The highest BCUT2D eigenvalue weighted by Gasteiger charge is 2.44. The number of rotatable bonds is 18. The van der Waals surface area contributed by atoms with Crippen LogP contribution in [0.5, 0.6) is 5.75 Å². The van der Waals surface area contributed by atoms with E-state index in [1.165, 1.54) is 53.4 Å². The molecule has 2 heterocycles. The van der Waals surface area contributed by atoms with Gasteiger partial charge in [0.2, 0.25) is 11.8 Å². The number of methoxy groups -OCH3 is 1. The second-order valence-corrected chi connectivity index (χ2v) is 16.5. The smallest absolute Gasteiger partial charge is 0.410 e. The van der Waals surface area contributed by atoms with Crippen molar-refractivity contribution in [3.63, 3.8) is 0 Å². The molecular formula is C44H48N6O12S. The molecule has 4 aromatic rings. The molecule has 2 saturated heterocycles. The number of nitro groups is 2. The number of non-ortho nitro benzene ring substituents is 2. The quantitative estimate of drug-likeness (QED) is 0.0825. The van der Waals surface area contributed by atoms with Crippen LogP contribution in [0.15, 0.2) is 103 Å². The molecule has 0 bridgehead atoms. The number of carbonyl (C=O) groups is 4. The number of hydrogen-bond acceptors (Lipinski definition) is 13. The minimum atomic E-state index is -1.33. The average Bonchev–Trinajstić information content (AvgIpc) is 3.95. The van der Waals surface area contributed by atoms with E-state index in [0.717, 1.165) is 16.9 Å². The summed E-state index contributed by atoms with van der Waals surface area (Å²) in [5.41, 5.74) is 2.71. The van der Waals surface area contributed by atoms with Crippen LogP contribution < -0.4 is 15.4 Å². The number of likely N-dealkylation sites (tertiary alicyclic amines) is 2. The molecule has 4 amide bonds. The molecule has 0 saturated carbocycles. The summed E-state index contributed by atoms with van der Waals surface area (Å²) in [5.74, 6) is 0.588. The monoisotopic (exact) mass is 884 g/mol. The highest BCUT2D eigenvalue weighted by molar-refractivity contribution is 7.99. The first-order chi connectivity index (χ1) is 30.3. The van der Waals surface area contributed by atoms with Crippen molar-refractivity contribution in [1.29, 1.82) is 0 Å². The zero-order valence-corrected chi connectivity index (χ0v) is 35.2. The number of aliphatic hydroxyl groups excluding tert-OH is 1. The van der Waals surface area contributed by atoms with E-state index in [4.69, 9.17) is 14.2 Å². The van der Waals surface area contributed by atoms with E-state index in [0.29, 0.717) is 36.3 Å². The van der Waals surface area contributed by atoms with Gasteiger partial charge in [0.25, 0.3) is 11.4 Å². The number of benzene rings is 4. The van der Waals surface area contributed by atoms with Crippen LogP contribution in [0.4, 0.5) is 21.0 Å². The standard InChI is InChI=1S/C44H48N6O12S/c1-60-36-17-11-32(12-18-36)28-63-37-22-39(48(25-37)44(55)62-27-31-9-15-35(16-10-31)50(58)59)42(53)47-20-19-33(24-47)45-41(52)23-40(51)38(21-29-5-3-2-4-6-29)46-43(54)61-26-30-7-13-34(14-8-30)49(56)57/h2-18,33,37-40,51H,19-28H2,1H3,(H,45,52)(H,46,54)/t33-,37-,38-,39-,40+/m0/s1. The van der Waals surface area contributed by atoms with Gasteiger partial charge in [-0.15, -0.1) is 0 Å². The van der Waals surface area contributed by atoms with Crippen LogP contribution in [0.25, 0.3) is 0 Å². The number of nitrogens with zero attached hydrogens (tertiary/aromatic N) is 4. The maximum absolute atomic E-state index is 14.1. The molecule has 0 unspecified atom stereocenters. The van der Waals surface area contributed by atoms with Gasteiger partial charge >= 0.3 is 12.2 Å². The first-order valence-electron chi connectivity index (χ1n) is 20.2. The van der Waals surface area contributed by atoms with Gasteiger partial charge in [0.1, 0.15) is 25.0 Å². The van der Waals surface area contributed by atoms with Crippen molar-refractivity contribution in [2.24, 2.45) is 0 Å². The summed E-state index contributed by atoms with van der Waals surface area (Å²) in [6, 6.07) is 25.7. The fourth-order valence-electron chi connectivity index (χ4n) is 7.35. The van der Waals surface area contributed by atoms with Gasteiger partial charge in [0, 0.05) is 60.9 Å². The zero-order valence-electron chi connectivity index (χ0n) is 34.4. The van der Waals surface area contributed by atoms with Crippen molar-refractivity contribution < 1.29 is 48.3 Å². The lowest BCUT2D eigenvalue weighted by atomic mass is 9.99. The molecular weight excluding hydrogens is 837 g/mol. The Morgan fingerprint density at radius 1 is 0.810 bits per heavy atom. The fourth-order valence-corrected chi connectivity index (χ4v) is 8.55. The third kappa shape index (κ3) is 13.1. The minimum Gasteiger partial charge on any atom is -0.497 e. The van der Waals surface area contributed by atoms with Crippen molar-refractivity contribution in [3.05, 3.63) is 146 Å². The molecule has 18 nitrogen and oxygen atoms in total. The molecule has 2 aliphatic heterocycles. The van der Waals surface area contributed by atoms with Crippen LogP contribution in [0, 0.1) is 20.2 Å². The van der Waals surface area contributed by atoms with Crippen molar-refractivity contribution in [3.8, 4) is 5.75 Å². The van der Waals surface area contributed by atoms with Crippen LogP contribution in [0.1, 0.15) is 41.5 Å². The summed E-state index contributed by atoms with van der Waals surface area (Å²) in [7, 11) is 1.59. The Kier molecular flexibility index (Phi) is 15.9. The van der Waals surface area contributed by atoms with Crippen LogP contribution in [-0.4, -0.2) is 105 Å². The van der Waals surface area contributed by atoms with E-state index in [9.17, 15) is 44.5 Å². The topological polar surface area (TPSA) is 233 Å². The Bertz CT molecular complexity index is 2220. The van der Waals surface area contributed by atoms with E-state index in [2.05, 4.69) is 10.6 Å². The van der Waals surface area contributed by atoms with Crippen molar-refractivity contribution in [1.82, 2.24) is 20.4 Å². The molecule has 0 radical (unpaired) electrons. The maximum Gasteiger partial charge on any atom is 0.410 e. The van der Waals surface area contributed by atoms with Crippen molar-refractivity contribution in [2.45, 2.75) is 74.1 Å². The molecule has 332 valence electrons. The Balaban J connectivity index is 1.04. The Morgan fingerprint density at radius 2 is 1.41 bits per heavy atom. The molecule has 0 spiro atoms. The maximum atomic E-state index is 14.1.